The molecule has 0 aromatic heterocycles. The summed E-state index contributed by atoms with van der Waals surface area (Å²) in [6.07, 6.45) is -0.436. The highest BCUT2D eigenvalue weighted by molar-refractivity contribution is 5.95. The average molecular weight is 523 g/mol. The summed E-state index contributed by atoms with van der Waals surface area (Å²) in [5.41, 5.74) is 21.9. The van der Waals surface area contributed by atoms with Gasteiger partial charge in [0.1, 0.15) is 24.2 Å². The number of carboxylic acid groups (broad SMARTS) is 1. The Morgan fingerprint density at radius 1 is 0.865 bits per heavy atom. The Kier molecular flexibility index (Phi) is 13.1. The fourth-order valence-electron chi connectivity index (χ4n) is 3.14. The van der Waals surface area contributed by atoms with Gasteiger partial charge in [-0.3, -0.25) is 24.2 Å². The summed E-state index contributed by atoms with van der Waals surface area (Å²) in [4.78, 5) is 64.8. The smallest absolute Gasteiger partial charge is 0.326 e. The first-order chi connectivity index (χ1) is 17.4. The van der Waals surface area contributed by atoms with Gasteiger partial charge in [0.15, 0.2) is 5.96 Å². The van der Waals surface area contributed by atoms with Crippen LogP contribution in [-0.2, 0) is 30.4 Å². The van der Waals surface area contributed by atoms with Gasteiger partial charge in [-0.2, -0.15) is 0 Å². The van der Waals surface area contributed by atoms with Crippen molar-refractivity contribution in [3.8, 4) is 0 Å². The molecule has 1 aromatic rings. The van der Waals surface area contributed by atoms with Crippen molar-refractivity contribution in [2.45, 2.75) is 49.9 Å². The second-order valence-corrected chi connectivity index (χ2v) is 8.12. The number of benzene rings is 1. The van der Waals surface area contributed by atoms with Gasteiger partial charge in [0.2, 0.25) is 23.6 Å². The highest BCUT2D eigenvalue weighted by Gasteiger charge is 2.30. The number of aliphatic hydroxyl groups is 1. The molecule has 4 amide bonds. The molecule has 13 N–H and O–H groups in total. The molecule has 0 radical (unpaired) electrons. The van der Waals surface area contributed by atoms with Crippen molar-refractivity contribution >= 4 is 35.6 Å². The van der Waals surface area contributed by atoms with E-state index in [0.29, 0.717) is 5.56 Å². The number of amides is 4. The van der Waals surface area contributed by atoms with Crippen LogP contribution in [0, 0.1) is 0 Å². The molecule has 0 aliphatic heterocycles. The van der Waals surface area contributed by atoms with Gasteiger partial charge in [0.05, 0.1) is 13.0 Å². The van der Waals surface area contributed by atoms with Crippen molar-refractivity contribution in [3.05, 3.63) is 35.9 Å². The first-order valence-corrected chi connectivity index (χ1v) is 11.3. The van der Waals surface area contributed by atoms with Crippen LogP contribution in [0.5, 0.6) is 0 Å². The number of aliphatic imine (C=N–C) groups is 1. The molecule has 0 saturated heterocycles. The maximum absolute atomic E-state index is 13.2. The predicted molar refractivity (Wildman–Crippen MR) is 132 cm³/mol. The third-order valence-electron chi connectivity index (χ3n) is 5.05. The second-order valence-electron chi connectivity index (χ2n) is 8.12. The molecular weight excluding hydrogens is 488 g/mol. The van der Waals surface area contributed by atoms with Gasteiger partial charge in [-0.25, -0.2) is 4.79 Å². The SMILES string of the molecule is NC(=O)CC(NC(=O)C(CCCN=C(N)N)NC(=O)C(Cc1ccccc1)NC(=O)C(N)CO)C(=O)O. The molecule has 15 heteroatoms. The highest BCUT2D eigenvalue weighted by Crippen LogP contribution is 2.07. The van der Waals surface area contributed by atoms with Gasteiger partial charge in [0.25, 0.3) is 0 Å². The Labute approximate surface area is 213 Å². The number of nitrogens with zero attached hydrogens (tertiary/aromatic N) is 1. The van der Waals surface area contributed by atoms with E-state index < -0.39 is 66.8 Å². The van der Waals surface area contributed by atoms with E-state index in [-0.39, 0.29) is 31.8 Å². The zero-order chi connectivity index (χ0) is 28.0. The monoisotopic (exact) mass is 522 g/mol. The number of carboxylic acids is 1. The lowest BCUT2D eigenvalue weighted by atomic mass is 10.0. The Morgan fingerprint density at radius 3 is 1.97 bits per heavy atom. The molecule has 0 aliphatic carbocycles. The van der Waals surface area contributed by atoms with Crippen molar-refractivity contribution < 1.29 is 34.2 Å². The number of hydrogen-bond acceptors (Lipinski definition) is 8. The number of nitrogens with one attached hydrogen (secondary N) is 3. The van der Waals surface area contributed by atoms with Crippen LogP contribution >= 0.6 is 0 Å². The van der Waals surface area contributed by atoms with Crippen molar-refractivity contribution in [1.29, 1.82) is 0 Å². The first-order valence-electron chi connectivity index (χ1n) is 11.3. The predicted octanol–water partition coefficient (Wildman–Crippen LogP) is -3.98. The molecule has 15 nitrogen and oxygen atoms in total. The number of carbonyl (C=O) groups excluding carboxylic acids is 4. The first kappa shape index (κ1) is 30.8. The standard InChI is InChI=1S/C22H34N8O7/c23-13(11-31)18(33)29-15(9-12-5-2-1-3-6-12)20(35)28-14(7-4-8-27-22(25)26)19(34)30-16(21(36)37)10-17(24)32/h1-3,5-6,13-16,31H,4,7-11,23H2,(H2,24,32)(H,28,35)(H,29,33)(H,30,34)(H,36,37)(H4,25,26,27). The van der Waals surface area contributed by atoms with Crippen LogP contribution in [0.2, 0.25) is 0 Å². The maximum Gasteiger partial charge on any atom is 0.326 e. The molecule has 4 atom stereocenters. The molecule has 37 heavy (non-hydrogen) atoms. The lowest BCUT2D eigenvalue weighted by Crippen LogP contribution is -2.58. The molecule has 4 unspecified atom stereocenters. The molecule has 0 heterocycles. The molecule has 0 bridgehead atoms. The lowest BCUT2D eigenvalue weighted by Gasteiger charge is -2.25. The summed E-state index contributed by atoms with van der Waals surface area (Å²) >= 11 is 0. The van der Waals surface area contributed by atoms with Gasteiger partial charge in [-0.1, -0.05) is 30.3 Å². The van der Waals surface area contributed by atoms with Crippen molar-refractivity contribution in [2.24, 2.45) is 27.9 Å². The maximum atomic E-state index is 13.2. The van der Waals surface area contributed by atoms with Crippen LogP contribution in [0.15, 0.2) is 35.3 Å². The minimum Gasteiger partial charge on any atom is -0.480 e. The van der Waals surface area contributed by atoms with Crippen molar-refractivity contribution in [1.82, 2.24) is 16.0 Å². The summed E-state index contributed by atoms with van der Waals surface area (Å²) in [5, 5.41) is 25.6. The third-order valence-corrected chi connectivity index (χ3v) is 5.05. The Hall–Kier alpha value is -4.24. The Balaban J connectivity index is 3.13. The fraction of sp³-hybridized carbons (Fsp3) is 0.455. The number of nitrogens with two attached hydrogens (primary N) is 4. The Morgan fingerprint density at radius 2 is 1.43 bits per heavy atom. The van der Waals surface area contributed by atoms with Crippen LogP contribution < -0.4 is 38.9 Å². The number of aliphatic carboxylic acids is 1. The van der Waals surface area contributed by atoms with Gasteiger partial charge in [0, 0.05) is 13.0 Å². The van der Waals surface area contributed by atoms with Crippen LogP contribution in [0.25, 0.3) is 0 Å². The number of hydrogen-bond donors (Lipinski definition) is 9. The minimum atomic E-state index is -1.62. The Bertz CT molecular complexity index is 969. The van der Waals surface area contributed by atoms with Crippen LogP contribution in [0.1, 0.15) is 24.8 Å². The molecular formula is C22H34N8O7. The van der Waals surface area contributed by atoms with Crippen molar-refractivity contribution in [3.63, 3.8) is 0 Å². The summed E-state index contributed by atoms with van der Waals surface area (Å²) in [6, 6.07) is 3.30. The van der Waals surface area contributed by atoms with Gasteiger partial charge < -0.3 is 49.1 Å². The molecule has 0 saturated carbocycles. The third kappa shape index (κ3) is 11.8. The topological polar surface area (TPSA) is 278 Å². The summed E-state index contributed by atoms with van der Waals surface area (Å²) < 4.78 is 0. The summed E-state index contributed by atoms with van der Waals surface area (Å²) in [6.45, 7) is -0.543. The zero-order valence-corrected chi connectivity index (χ0v) is 20.1. The van der Waals surface area contributed by atoms with Crippen molar-refractivity contribution in [2.75, 3.05) is 13.2 Å². The normalized spacial score (nSPS) is 13.8. The molecule has 1 aromatic carbocycles. The number of guanidine groups is 1. The molecule has 0 aliphatic rings. The number of primary amides is 1. The quantitative estimate of drug-likeness (QED) is 0.0576. The van der Waals surface area contributed by atoms with Crippen LogP contribution in [0.3, 0.4) is 0 Å². The van der Waals surface area contributed by atoms with E-state index in [2.05, 4.69) is 20.9 Å². The van der Waals surface area contributed by atoms with Gasteiger partial charge in [-0.05, 0) is 18.4 Å². The van der Waals surface area contributed by atoms with Crippen LogP contribution in [0.4, 0.5) is 0 Å². The van der Waals surface area contributed by atoms with Crippen LogP contribution in [-0.4, -0.2) is 83.1 Å². The molecule has 0 fully saturated rings. The molecule has 1 rings (SSSR count). The van der Waals surface area contributed by atoms with E-state index in [1.165, 1.54) is 0 Å². The summed E-state index contributed by atoms with van der Waals surface area (Å²) in [7, 11) is 0. The van der Waals surface area contributed by atoms with E-state index in [4.69, 9.17) is 28.0 Å². The number of aliphatic hydroxyl groups excluding tert-OH is 1. The van der Waals surface area contributed by atoms with Gasteiger partial charge in [-0.15, -0.1) is 0 Å². The molecule has 0 spiro atoms. The zero-order valence-electron chi connectivity index (χ0n) is 20.1. The molecule has 204 valence electrons. The lowest BCUT2D eigenvalue weighted by molar-refractivity contribution is -0.143. The largest absolute Gasteiger partial charge is 0.480 e. The highest BCUT2D eigenvalue weighted by atomic mass is 16.4. The van der Waals surface area contributed by atoms with E-state index >= 15 is 0 Å². The van der Waals surface area contributed by atoms with Gasteiger partial charge >= 0.3 is 5.97 Å². The minimum absolute atomic E-state index is 0.0145. The number of carbonyl (C=O) groups is 5. The fourth-order valence-corrected chi connectivity index (χ4v) is 3.14. The second kappa shape index (κ2) is 15.7. The van der Waals surface area contributed by atoms with E-state index in [1.807, 2.05) is 0 Å². The van der Waals surface area contributed by atoms with E-state index in [9.17, 15) is 29.1 Å². The van der Waals surface area contributed by atoms with E-state index in [0.717, 1.165) is 0 Å². The number of rotatable bonds is 16. The van der Waals surface area contributed by atoms with E-state index in [1.54, 1.807) is 30.3 Å². The average Bonchev–Trinajstić information content (AvgIpc) is 2.84. The summed E-state index contributed by atoms with van der Waals surface area (Å²) in [5.74, 6) is -5.09.